The van der Waals surface area contributed by atoms with Crippen LogP contribution in [0.15, 0.2) is 0 Å². The molecule has 1 aliphatic rings. The van der Waals surface area contributed by atoms with Crippen LogP contribution in [0, 0.1) is 0 Å². The predicted octanol–water partition coefficient (Wildman–Crippen LogP) is 0.722. The van der Waals surface area contributed by atoms with Gasteiger partial charge in [0.2, 0.25) is 0 Å². The van der Waals surface area contributed by atoms with Crippen molar-refractivity contribution in [1.29, 1.82) is 0 Å². The van der Waals surface area contributed by atoms with Gasteiger partial charge in [0.25, 0.3) is 0 Å². The summed E-state index contributed by atoms with van der Waals surface area (Å²) in [7, 11) is 0. The monoisotopic (exact) mass is 230 g/mol. The lowest BCUT2D eigenvalue weighted by Crippen LogP contribution is -2.48. The maximum atomic E-state index is 5.38. The summed E-state index contributed by atoms with van der Waals surface area (Å²) in [5, 5.41) is 3.51. The standard InChI is InChI=1S/C12H26N2O2/c1-4-15-10-11(2)13-9-12(3)14-5-7-16-8-6-14/h11-13H,4-10H2,1-3H3. The van der Waals surface area contributed by atoms with E-state index in [9.17, 15) is 0 Å². The Hall–Kier alpha value is -0.160. The second-order valence-electron chi connectivity index (χ2n) is 4.47. The van der Waals surface area contributed by atoms with Crippen LogP contribution in [0.25, 0.3) is 0 Å². The van der Waals surface area contributed by atoms with Gasteiger partial charge in [-0.25, -0.2) is 0 Å². The third kappa shape index (κ3) is 5.25. The Morgan fingerprint density at radius 3 is 2.62 bits per heavy atom. The van der Waals surface area contributed by atoms with E-state index in [0.717, 1.165) is 46.1 Å². The Balaban J connectivity index is 2.10. The van der Waals surface area contributed by atoms with Gasteiger partial charge >= 0.3 is 0 Å². The van der Waals surface area contributed by atoms with Crippen LogP contribution < -0.4 is 5.32 Å². The molecule has 0 aromatic rings. The fraction of sp³-hybridized carbons (Fsp3) is 1.00. The fourth-order valence-corrected chi connectivity index (χ4v) is 1.87. The first-order valence-corrected chi connectivity index (χ1v) is 6.37. The predicted molar refractivity (Wildman–Crippen MR) is 65.8 cm³/mol. The Bertz CT molecular complexity index is 172. The van der Waals surface area contributed by atoms with Gasteiger partial charge in [-0.2, -0.15) is 0 Å². The quantitative estimate of drug-likeness (QED) is 0.699. The van der Waals surface area contributed by atoms with E-state index < -0.39 is 0 Å². The zero-order chi connectivity index (χ0) is 11.8. The van der Waals surface area contributed by atoms with Crippen LogP contribution in [0.3, 0.4) is 0 Å². The Morgan fingerprint density at radius 1 is 1.31 bits per heavy atom. The van der Waals surface area contributed by atoms with Crippen LogP contribution in [0.1, 0.15) is 20.8 Å². The summed E-state index contributed by atoms with van der Waals surface area (Å²) in [6.07, 6.45) is 0. The van der Waals surface area contributed by atoms with Crippen molar-refractivity contribution in [1.82, 2.24) is 10.2 Å². The van der Waals surface area contributed by atoms with Crippen LogP contribution in [0.4, 0.5) is 0 Å². The number of ether oxygens (including phenoxy) is 2. The minimum absolute atomic E-state index is 0.434. The number of hydrogen-bond acceptors (Lipinski definition) is 4. The van der Waals surface area contributed by atoms with E-state index in [2.05, 4.69) is 24.1 Å². The molecule has 1 rings (SSSR count). The summed E-state index contributed by atoms with van der Waals surface area (Å²) >= 11 is 0. The van der Waals surface area contributed by atoms with Gasteiger partial charge in [-0.05, 0) is 20.8 Å². The highest BCUT2D eigenvalue weighted by atomic mass is 16.5. The topological polar surface area (TPSA) is 33.7 Å². The minimum Gasteiger partial charge on any atom is -0.380 e. The van der Waals surface area contributed by atoms with Crippen LogP contribution in [-0.2, 0) is 9.47 Å². The molecule has 1 saturated heterocycles. The van der Waals surface area contributed by atoms with Gasteiger partial charge in [-0.1, -0.05) is 0 Å². The molecule has 1 N–H and O–H groups in total. The van der Waals surface area contributed by atoms with Crippen molar-refractivity contribution in [3.63, 3.8) is 0 Å². The number of nitrogens with one attached hydrogen (secondary N) is 1. The maximum Gasteiger partial charge on any atom is 0.0616 e. The first kappa shape index (κ1) is 13.9. The van der Waals surface area contributed by atoms with Crippen molar-refractivity contribution in [2.45, 2.75) is 32.9 Å². The molecule has 0 saturated carbocycles. The lowest BCUT2D eigenvalue weighted by atomic mass is 10.2. The average Bonchev–Trinajstić information content (AvgIpc) is 2.34. The van der Waals surface area contributed by atoms with Gasteiger partial charge in [0.15, 0.2) is 0 Å². The lowest BCUT2D eigenvalue weighted by Gasteiger charge is -2.33. The van der Waals surface area contributed by atoms with Crippen molar-refractivity contribution >= 4 is 0 Å². The van der Waals surface area contributed by atoms with Crippen molar-refractivity contribution in [2.24, 2.45) is 0 Å². The molecule has 4 heteroatoms. The molecule has 4 nitrogen and oxygen atoms in total. The smallest absolute Gasteiger partial charge is 0.0616 e. The number of morpholine rings is 1. The van der Waals surface area contributed by atoms with Crippen LogP contribution >= 0.6 is 0 Å². The highest BCUT2D eigenvalue weighted by Crippen LogP contribution is 2.02. The molecule has 0 aliphatic carbocycles. The minimum atomic E-state index is 0.434. The second kappa shape index (κ2) is 8.01. The molecule has 0 amide bonds. The molecule has 96 valence electrons. The van der Waals surface area contributed by atoms with Crippen molar-refractivity contribution in [3.8, 4) is 0 Å². The van der Waals surface area contributed by atoms with E-state index in [-0.39, 0.29) is 0 Å². The summed E-state index contributed by atoms with van der Waals surface area (Å²) in [6.45, 7) is 12.9. The van der Waals surface area contributed by atoms with Gasteiger partial charge in [0.1, 0.15) is 0 Å². The summed E-state index contributed by atoms with van der Waals surface area (Å²) in [5.41, 5.74) is 0. The molecule has 0 spiro atoms. The molecular weight excluding hydrogens is 204 g/mol. The third-order valence-corrected chi connectivity index (χ3v) is 3.00. The Labute approximate surface area is 99.3 Å². The normalized spacial score (nSPS) is 21.9. The van der Waals surface area contributed by atoms with E-state index in [4.69, 9.17) is 9.47 Å². The van der Waals surface area contributed by atoms with E-state index >= 15 is 0 Å². The molecule has 0 aromatic heterocycles. The van der Waals surface area contributed by atoms with E-state index in [1.54, 1.807) is 0 Å². The number of hydrogen-bond donors (Lipinski definition) is 1. The lowest BCUT2D eigenvalue weighted by molar-refractivity contribution is 0.0192. The van der Waals surface area contributed by atoms with Crippen molar-refractivity contribution < 1.29 is 9.47 Å². The molecule has 2 atom stereocenters. The van der Waals surface area contributed by atoms with Crippen LogP contribution in [0.5, 0.6) is 0 Å². The molecule has 16 heavy (non-hydrogen) atoms. The van der Waals surface area contributed by atoms with Gasteiger partial charge in [-0.3, -0.25) is 4.90 Å². The molecule has 2 unspecified atom stereocenters. The molecule has 1 fully saturated rings. The average molecular weight is 230 g/mol. The van der Waals surface area contributed by atoms with Crippen molar-refractivity contribution in [3.05, 3.63) is 0 Å². The summed E-state index contributed by atoms with van der Waals surface area (Å²) in [5.74, 6) is 0. The summed E-state index contributed by atoms with van der Waals surface area (Å²) in [6, 6.07) is 1.01. The Morgan fingerprint density at radius 2 is 2.00 bits per heavy atom. The van der Waals surface area contributed by atoms with Gasteiger partial charge < -0.3 is 14.8 Å². The zero-order valence-corrected chi connectivity index (χ0v) is 10.9. The largest absolute Gasteiger partial charge is 0.380 e. The second-order valence-corrected chi connectivity index (χ2v) is 4.47. The van der Waals surface area contributed by atoms with Crippen LogP contribution in [-0.4, -0.2) is 63.0 Å². The highest BCUT2D eigenvalue weighted by molar-refractivity contribution is 4.73. The van der Waals surface area contributed by atoms with Gasteiger partial charge in [0, 0.05) is 38.3 Å². The fourth-order valence-electron chi connectivity index (χ4n) is 1.87. The highest BCUT2D eigenvalue weighted by Gasteiger charge is 2.17. The Kier molecular flexibility index (Phi) is 6.96. The molecule has 0 aromatic carbocycles. The van der Waals surface area contributed by atoms with Crippen LogP contribution in [0.2, 0.25) is 0 Å². The van der Waals surface area contributed by atoms with E-state index in [1.807, 2.05) is 6.92 Å². The van der Waals surface area contributed by atoms with Crippen molar-refractivity contribution in [2.75, 3.05) is 46.1 Å². The maximum absolute atomic E-state index is 5.38. The van der Waals surface area contributed by atoms with Gasteiger partial charge in [0.05, 0.1) is 19.8 Å². The van der Waals surface area contributed by atoms with E-state index in [1.165, 1.54) is 0 Å². The molecule has 1 aliphatic heterocycles. The van der Waals surface area contributed by atoms with E-state index in [0.29, 0.717) is 12.1 Å². The first-order valence-electron chi connectivity index (χ1n) is 6.37. The summed E-state index contributed by atoms with van der Waals surface area (Å²) in [4.78, 5) is 2.48. The molecule has 1 heterocycles. The first-order chi connectivity index (χ1) is 7.74. The number of nitrogens with zero attached hydrogens (tertiary/aromatic N) is 1. The molecule has 0 bridgehead atoms. The third-order valence-electron chi connectivity index (χ3n) is 3.00. The number of rotatable bonds is 7. The molecule has 0 radical (unpaired) electrons. The summed E-state index contributed by atoms with van der Waals surface area (Å²) < 4.78 is 10.7. The van der Waals surface area contributed by atoms with Gasteiger partial charge in [-0.15, -0.1) is 0 Å². The zero-order valence-electron chi connectivity index (χ0n) is 10.9. The molecular formula is C12H26N2O2. The SMILES string of the molecule is CCOCC(C)NCC(C)N1CCOCC1.